The second-order valence-corrected chi connectivity index (χ2v) is 9.68. The third-order valence-electron chi connectivity index (χ3n) is 1.08. The minimum absolute atomic E-state index is 0.00454. The summed E-state index contributed by atoms with van der Waals surface area (Å²) in [5.74, 6) is 0. The maximum atomic E-state index is 5.96. The molecule has 0 atom stereocenters. The molecule has 0 heterocycles. The number of hydrogen-bond donors (Lipinski definition) is 2. The summed E-state index contributed by atoms with van der Waals surface area (Å²) in [6.45, 7) is 11.9. The summed E-state index contributed by atoms with van der Waals surface area (Å²) >= 11 is -0.00454. The van der Waals surface area contributed by atoms with Crippen molar-refractivity contribution in [3.8, 4) is 0 Å². The molecule has 0 fully saturated rings. The predicted molar refractivity (Wildman–Crippen MR) is 46.0 cm³/mol. The molecule has 0 amide bonds. The number of halogens is 1. The van der Waals surface area contributed by atoms with Crippen molar-refractivity contribution in [2.45, 2.75) is 41.7 Å². The van der Waals surface area contributed by atoms with Crippen LogP contribution in [0.1, 0.15) is 34.6 Å². The standard InChI is InChI=1S/C8H20IN2/c1-6-11-8(4,5)9-7(2,3)10/h11H,6,10H2,1-5H3/q-1. The van der Waals surface area contributed by atoms with Crippen LogP contribution in [0, 0.1) is 0 Å². The molecule has 3 N–H and O–H groups in total. The predicted octanol–water partition coefficient (Wildman–Crippen LogP) is -1.88. The zero-order valence-corrected chi connectivity index (χ0v) is 10.3. The second kappa shape index (κ2) is 4.05. The molecule has 0 spiro atoms. The fourth-order valence-corrected chi connectivity index (χ4v) is 5.11. The Kier molecular flexibility index (Phi) is 4.29. The van der Waals surface area contributed by atoms with Crippen LogP contribution in [0.2, 0.25) is 0 Å². The third-order valence-corrected chi connectivity index (χ3v) is 4.20. The van der Waals surface area contributed by atoms with Crippen LogP contribution < -0.4 is 32.3 Å². The molecule has 3 heteroatoms. The molecule has 0 aliphatic carbocycles. The van der Waals surface area contributed by atoms with Gasteiger partial charge < -0.3 is 0 Å². The average Bonchev–Trinajstić information content (AvgIpc) is 1.55. The van der Waals surface area contributed by atoms with Crippen molar-refractivity contribution >= 4 is 0 Å². The Labute approximate surface area is 80.6 Å². The molecule has 0 unspecified atom stereocenters. The molecule has 0 radical (unpaired) electrons. The van der Waals surface area contributed by atoms with E-state index in [9.17, 15) is 0 Å². The molecule has 2 nitrogen and oxygen atoms in total. The number of rotatable bonds is 4. The van der Waals surface area contributed by atoms with Gasteiger partial charge in [0, 0.05) is 0 Å². The summed E-state index contributed by atoms with van der Waals surface area (Å²) in [4.78, 5) is 0. The van der Waals surface area contributed by atoms with Gasteiger partial charge in [-0.2, -0.15) is 0 Å². The van der Waals surface area contributed by atoms with Gasteiger partial charge in [0.1, 0.15) is 0 Å². The molecular weight excluding hydrogens is 251 g/mol. The third kappa shape index (κ3) is 7.03. The maximum absolute atomic E-state index is 5.96. The van der Waals surface area contributed by atoms with Crippen LogP contribution in [-0.2, 0) is 0 Å². The summed E-state index contributed by atoms with van der Waals surface area (Å²) < 4.78 is 0.302. The van der Waals surface area contributed by atoms with E-state index in [2.05, 4.69) is 39.9 Å². The van der Waals surface area contributed by atoms with Gasteiger partial charge in [0.05, 0.1) is 0 Å². The zero-order valence-electron chi connectivity index (χ0n) is 8.16. The zero-order chi connectivity index (χ0) is 9.12. The Hall–Kier alpha value is 0.650. The Balaban J connectivity index is 3.91. The molecule has 0 aromatic rings. The van der Waals surface area contributed by atoms with Gasteiger partial charge in [-0.3, -0.25) is 0 Å². The molecule has 0 saturated carbocycles. The number of nitrogens with two attached hydrogens (primary N) is 1. The van der Waals surface area contributed by atoms with E-state index < -0.39 is 0 Å². The number of hydrogen-bond acceptors (Lipinski definition) is 2. The van der Waals surface area contributed by atoms with Crippen molar-refractivity contribution in [2.75, 3.05) is 6.54 Å². The first-order chi connectivity index (χ1) is 4.77. The molecule has 70 valence electrons. The quantitative estimate of drug-likeness (QED) is 0.357. The van der Waals surface area contributed by atoms with E-state index in [0.717, 1.165) is 6.54 Å². The number of alkyl halides is 2. The van der Waals surface area contributed by atoms with E-state index in [1.165, 1.54) is 0 Å². The van der Waals surface area contributed by atoms with Gasteiger partial charge in [0.25, 0.3) is 0 Å². The average molecular weight is 271 g/mol. The van der Waals surface area contributed by atoms with Gasteiger partial charge in [-0.1, -0.05) is 0 Å². The molecule has 0 aromatic carbocycles. The van der Waals surface area contributed by atoms with Crippen molar-refractivity contribution in [3.05, 3.63) is 0 Å². The second-order valence-electron chi connectivity index (χ2n) is 3.66. The van der Waals surface area contributed by atoms with Crippen LogP contribution >= 0.6 is 0 Å². The summed E-state index contributed by atoms with van der Waals surface area (Å²) in [5, 5.41) is 3.45. The van der Waals surface area contributed by atoms with Crippen molar-refractivity contribution < 1.29 is 21.2 Å². The summed E-state index contributed by atoms with van der Waals surface area (Å²) in [6, 6.07) is 0. The van der Waals surface area contributed by atoms with Gasteiger partial charge >= 0.3 is 80.5 Å². The van der Waals surface area contributed by atoms with Crippen LogP contribution in [0.25, 0.3) is 0 Å². The monoisotopic (exact) mass is 271 g/mol. The van der Waals surface area contributed by atoms with Crippen molar-refractivity contribution in [1.29, 1.82) is 0 Å². The van der Waals surface area contributed by atoms with Crippen LogP contribution in [0.3, 0.4) is 0 Å². The molecule has 11 heavy (non-hydrogen) atoms. The Bertz CT molecular complexity index is 116. The first-order valence-electron chi connectivity index (χ1n) is 3.98. The Morgan fingerprint density at radius 1 is 1.27 bits per heavy atom. The van der Waals surface area contributed by atoms with E-state index >= 15 is 0 Å². The van der Waals surface area contributed by atoms with Gasteiger partial charge in [-0.15, -0.1) is 0 Å². The van der Waals surface area contributed by atoms with Crippen LogP contribution in [-0.4, -0.2) is 13.6 Å². The van der Waals surface area contributed by atoms with Gasteiger partial charge in [0.2, 0.25) is 0 Å². The van der Waals surface area contributed by atoms with Crippen LogP contribution in [0.5, 0.6) is 0 Å². The first-order valence-corrected chi connectivity index (χ1v) is 6.13. The van der Waals surface area contributed by atoms with E-state index in [1.807, 2.05) is 0 Å². The van der Waals surface area contributed by atoms with Gasteiger partial charge in [0.15, 0.2) is 0 Å². The molecule has 0 aromatic heterocycles. The summed E-state index contributed by atoms with van der Waals surface area (Å²) in [5.41, 5.74) is 5.96. The van der Waals surface area contributed by atoms with E-state index in [4.69, 9.17) is 5.73 Å². The van der Waals surface area contributed by atoms with Crippen molar-refractivity contribution in [3.63, 3.8) is 0 Å². The van der Waals surface area contributed by atoms with Crippen molar-refractivity contribution in [2.24, 2.45) is 5.73 Å². The van der Waals surface area contributed by atoms with E-state index in [1.54, 1.807) is 0 Å². The summed E-state index contributed by atoms with van der Waals surface area (Å²) in [7, 11) is 0. The SMILES string of the molecule is CCNC(C)(C)[I-]C(C)(C)N. The van der Waals surface area contributed by atoms with Gasteiger partial charge in [-0.05, 0) is 0 Å². The van der Waals surface area contributed by atoms with Crippen LogP contribution in [0.15, 0.2) is 0 Å². The van der Waals surface area contributed by atoms with Gasteiger partial charge in [-0.25, -0.2) is 0 Å². The van der Waals surface area contributed by atoms with Crippen LogP contribution in [0.4, 0.5) is 0 Å². The van der Waals surface area contributed by atoms with E-state index in [0.29, 0.717) is 0 Å². The Morgan fingerprint density at radius 3 is 2.00 bits per heavy atom. The molecule has 0 rings (SSSR count). The fourth-order valence-electron chi connectivity index (χ4n) is 1.06. The van der Waals surface area contributed by atoms with E-state index in [-0.39, 0.29) is 28.3 Å². The molecule has 0 saturated heterocycles. The molecule has 0 bridgehead atoms. The fraction of sp³-hybridized carbons (Fsp3) is 1.00. The molecular formula is C8H20IN2-. The molecule has 0 aliphatic rings. The minimum atomic E-state index is -0.00454. The Morgan fingerprint density at radius 2 is 1.73 bits per heavy atom. The summed E-state index contributed by atoms with van der Waals surface area (Å²) in [6.07, 6.45) is 0. The van der Waals surface area contributed by atoms with Crippen molar-refractivity contribution in [1.82, 2.24) is 5.32 Å². The number of nitrogens with one attached hydrogen (secondary N) is 1. The topological polar surface area (TPSA) is 38.0 Å². The first kappa shape index (κ1) is 11.6. The molecule has 0 aliphatic heterocycles. The normalized spacial score (nSPS) is 14.0.